The molecule has 0 aliphatic carbocycles. The number of benzene rings is 1. The topological polar surface area (TPSA) is 49.9 Å². The van der Waals surface area contributed by atoms with Crippen LogP contribution < -0.4 is 10.1 Å². The van der Waals surface area contributed by atoms with E-state index >= 15 is 0 Å². The zero-order valence-electron chi connectivity index (χ0n) is 10.8. The number of imidazole rings is 1. The number of thioether (sulfide) groups is 1. The Hall–Kier alpha value is -0.910. The molecule has 1 aromatic carbocycles. The molecule has 1 aliphatic rings. The zero-order valence-corrected chi connectivity index (χ0v) is 12.4. The quantitative estimate of drug-likeness (QED) is 0.915. The van der Waals surface area contributed by atoms with Gasteiger partial charge in [0.15, 0.2) is 5.16 Å². The first kappa shape index (κ1) is 14.5. The predicted molar refractivity (Wildman–Crippen MR) is 81.6 cm³/mol. The van der Waals surface area contributed by atoms with E-state index in [0.29, 0.717) is 5.25 Å². The maximum Gasteiger partial charge on any atom is 0.166 e. The van der Waals surface area contributed by atoms with Gasteiger partial charge in [-0.05, 0) is 38.1 Å². The number of ether oxygens (including phenoxy) is 1. The summed E-state index contributed by atoms with van der Waals surface area (Å²) in [4.78, 5) is 7.98. The standard InChI is InChI=1S/C13H17N3OS.ClH/c1-17-9-2-3-11-12(8-9)16-13(15-11)18-10-4-6-14-7-5-10;/h2-3,8,10,14H,4-7H2,1H3,(H,15,16);1H. The van der Waals surface area contributed by atoms with E-state index in [9.17, 15) is 0 Å². The third-order valence-electron chi connectivity index (χ3n) is 3.23. The summed E-state index contributed by atoms with van der Waals surface area (Å²) < 4.78 is 5.22. The van der Waals surface area contributed by atoms with Crippen LogP contribution in [0.3, 0.4) is 0 Å². The van der Waals surface area contributed by atoms with Crippen molar-refractivity contribution in [2.45, 2.75) is 23.2 Å². The normalized spacial score (nSPS) is 16.3. The molecule has 4 nitrogen and oxygen atoms in total. The van der Waals surface area contributed by atoms with E-state index < -0.39 is 0 Å². The first-order valence-corrected chi connectivity index (χ1v) is 7.14. The van der Waals surface area contributed by atoms with Gasteiger partial charge in [-0.2, -0.15) is 0 Å². The third kappa shape index (κ3) is 3.35. The molecule has 19 heavy (non-hydrogen) atoms. The fourth-order valence-electron chi connectivity index (χ4n) is 2.22. The minimum absolute atomic E-state index is 0. The molecule has 0 amide bonds. The first-order chi connectivity index (χ1) is 8.85. The Labute approximate surface area is 123 Å². The second kappa shape index (κ2) is 6.50. The second-order valence-corrected chi connectivity index (χ2v) is 5.78. The highest BCUT2D eigenvalue weighted by atomic mass is 35.5. The van der Waals surface area contributed by atoms with Gasteiger partial charge in [0.1, 0.15) is 5.75 Å². The second-order valence-electron chi connectivity index (χ2n) is 4.49. The smallest absolute Gasteiger partial charge is 0.166 e. The van der Waals surface area contributed by atoms with E-state index in [-0.39, 0.29) is 12.4 Å². The summed E-state index contributed by atoms with van der Waals surface area (Å²) in [6, 6.07) is 5.94. The summed E-state index contributed by atoms with van der Waals surface area (Å²) in [5.41, 5.74) is 2.05. The van der Waals surface area contributed by atoms with E-state index in [0.717, 1.165) is 35.0 Å². The van der Waals surface area contributed by atoms with Crippen LogP contribution in [0.2, 0.25) is 0 Å². The van der Waals surface area contributed by atoms with Crippen LogP contribution >= 0.6 is 24.2 Å². The molecular formula is C13H18ClN3OS. The Morgan fingerprint density at radius 1 is 1.32 bits per heavy atom. The Kier molecular flexibility index (Phi) is 4.96. The van der Waals surface area contributed by atoms with Crippen LogP contribution in [0, 0.1) is 0 Å². The molecule has 1 saturated heterocycles. The molecule has 0 bridgehead atoms. The van der Waals surface area contributed by atoms with Crippen LogP contribution in [-0.4, -0.2) is 35.4 Å². The molecule has 0 unspecified atom stereocenters. The monoisotopic (exact) mass is 299 g/mol. The van der Waals surface area contributed by atoms with E-state index in [1.807, 2.05) is 30.0 Å². The molecule has 0 saturated carbocycles. The van der Waals surface area contributed by atoms with Gasteiger partial charge in [0, 0.05) is 11.3 Å². The lowest BCUT2D eigenvalue weighted by molar-refractivity contribution is 0.415. The summed E-state index contributed by atoms with van der Waals surface area (Å²) in [5, 5.41) is 5.08. The summed E-state index contributed by atoms with van der Waals surface area (Å²) in [5.74, 6) is 0.865. The third-order valence-corrected chi connectivity index (χ3v) is 4.45. The fraction of sp³-hybridized carbons (Fsp3) is 0.462. The minimum Gasteiger partial charge on any atom is -0.497 e. The lowest BCUT2D eigenvalue weighted by Gasteiger charge is -2.20. The molecule has 2 N–H and O–H groups in total. The van der Waals surface area contributed by atoms with Gasteiger partial charge in [0.2, 0.25) is 0 Å². The summed E-state index contributed by atoms with van der Waals surface area (Å²) >= 11 is 1.86. The van der Waals surface area contributed by atoms with Gasteiger partial charge in [-0.15, -0.1) is 12.4 Å². The van der Waals surface area contributed by atoms with Crippen molar-refractivity contribution in [1.82, 2.24) is 15.3 Å². The number of rotatable bonds is 3. The maximum atomic E-state index is 5.22. The van der Waals surface area contributed by atoms with E-state index in [4.69, 9.17) is 4.74 Å². The maximum absolute atomic E-state index is 5.22. The highest BCUT2D eigenvalue weighted by Crippen LogP contribution is 2.29. The van der Waals surface area contributed by atoms with Crippen LogP contribution in [0.5, 0.6) is 5.75 Å². The number of methoxy groups -OCH3 is 1. The highest BCUT2D eigenvalue weighted by Gasteiger charge is 2.16. The van der Waals surface area contributed by atoms with Crippen molar-refractivity contribution >= 4 is 35.2 Å². The van der Waals surface area contributed by atoms with Crippen molar-refractivity contribution in [3.8, 4) is 5.75 Å². The van der Waals surface area contributed by atoms with Crippen molar-refractivity contribution in [2.75, 3.05) is 20.2 Å². The van der Waals surface area contributed by atoms with Crippen molar-refractivity contribution < 1.29 is 4.74 Å². The summed E-state index contributed by atoms with van der Waals surface area (Å²) in [6.45, 7) is 2.23. The first-order valence-electron chi connectivity index (χ1n) is 6.26. The number of halogens is 1. The highest BCUT2D eigenvalue weighted by molar-refractivity contribution is 7.99. The number of fused-ring (bicyclic) bond motifs is 1. The van der Waals surface area contributed by atoms with E-state index in [2.05, 4.69) is 15.3 Å². The minimum atomic E-state index is 0. The number of aromatic nitrogens is 2. The fourth-order valence-corrected chi connectivity index (χ4v) is 3.33. The van der Waals surface area contributed by atoms with Crippen molar-refractivity contribution in [3.05, 3.63) is 18.2 Å². The van der Waals surface area contributed by atoms with E-state index in [1.165, 1.54) is 12.8 Å². The van der Waals surface area contributed by atoms with Crippen LogP contribution in [0.25, 0.3) is 11.0 Å². The van der Waals surface area contributed by atoms with Gasteiger partial charge in [0.05, 0.1) is 18.1 Å². The van der Waals surface area contributed by atoms with Gasteiger partial charge in [-0.25, -0.2) is 4.98 Å². The summed E-state index contributed by atoms with van der Waals surface area (Å²) in [7, 11) is 1.68. The average molecular weight is 300 g/mol. The lowest BCUT2D eigenvalue weighted by atomic mass is 10.2. The Morgan fingerprint density at radius 2 is 2.11 bits per heavy atom. The van der Waals surface area contributed by atoms with Crippen molar-refractivity contribution in [1.29, 1.82) is 0 Å². The SMILES string of the molecule is COc1ccc2nc(SC3CCNCC3)[nH]c2c1.Cl. The van der Waals surface area contributed by atoms with Gasteiger partial charge in [-0.3, -0.25) is 0 Å². The number of nitrogens with one attached hydrogen (secondary N) is 2. The molecule has 2 aromatic rings. The molecule has 1 aliphatic heterocycles. The molecule has 0 atom stereocenters. The number of piperidine rings is 1. The van der Waals surface area contributed by atoms with Crippen LogP contribution in [0.15, 0.2) is 23.4 Å². The van der Waals surface area contributed by atoms with Crippen LogP contribution in [0.4, 0.5) is 0 Å². The lowest BCUT2D eigenvalue weighted by Crippen LogP contribution is -2.29. The molecule has 2 heterocycles. The number of hydrogen-bond acceptors (Lipinski definition) is 4. The van der Waals surface area contributed by atoms with Crippen LogP contribution in [-0.2, 0) is 0 Å². The number of H-pyrrole nitrogens is 1. The molecule has 0 spiro atoms. The molecular weight excluding hydrogens is 282 g/mol. The molecule has 3 rings (SSSR count). The zero-order chi connectivity index (χ0) is 12.4. The predicted octanol–water partition coefficient (Wildman–Crippen LogP) is 2.84. The molecule has 0 radical (unpaired) electrons. The Bertz CT molecular complexity index is 540. The molecule has 104 valence electrons. The molecule has 1 fully saturated rings. The molecule has 1 aromatic heterocycles. The van der Waals surface area contributed by atoms with Crippen molar-refractivity contribution in [2.24, 2.45) is 0 Å². The van der Waals surface area contributed by atoms with E-state index in [1.54, 1.807) is 7.11 Å². The molecule has 6 heteroatoms. The number of nitrogens with zero attached hydrogens (tertiary/aromatic N) is 1. The van der Waals surface area contributed by atoms with Gasteiger partial charge >= 0.3 is 0 Å². The largest absolute Gasteiger partial charge is 0.497 e. The number of aromatic amines is 1. The summed E-state index contributed by atoms with van der Waals surface area (Å²) in [6.07, 6.45) is 2.43. The van der Waals surface area contributed by atoms with Crippen molar-refractivity contribution in [3.63, 3.8) is 0 Å². The van der Waals surface area contributed by atoms with Gasteiger partial charge in [0.25, 0.3) is 0 Å². The Balaban J connectivity index is 0.00000133. The van der Waals surface area contributed by atoms with Gasteiger partial charge < -0.3 is 15.0 Å². The Morgan fingerprint density at radius 3 is 2.84 bits per heavy atom. The van der Waals surface area contributed by atoms with Crippen LogP contribution in [0.1, 0.15) is 12.8 Å². The average Bonchev–Trinajstić information content (AvgIpc) is 2.80. The van der Waals surface area contributed by atoms with Gasteiger partial charge in [-0.1, -0.05) is 11.8 Å². The number of hydrogen-bond donors (Lipinski definition) is 2.